The van der Waals surface area contributed by atoms with E-state index in [0.717, 1.165) is 12.0 Å². The van der Waals surface area contributed by atoms with Crippen molar-refractivity contribution < 1.29 is 0 Å². The minimum Gasteiger partial charge on any atom is -0.379 e. The zero-order chi connectivity index (χ0) is 14.8. The summed E-state index contributed by atoms with van der Waals surface area (Å²) >= 11 is 6.08. The summed E-state index contributed by atoms with van der Waals surface area (Å²) in [4.78, 5) is 12.3. The average Bonchev–Trinajstić information content (AvgIpc) is 3.18. The first-order chi connectivity index (χ1) is 10.1. The molecule has 2 aromatic rings. The van der Waals surface area contributed by atoms with Crippen molar-refractivity contribution in [1.82, 2.24) is 19.6 Å². The van der Waals surface area contributed by atoms with E-state index in [1.54, 1.807) is 4.68 Å². The lowest BCUT2D eigenvalue weighted by Crippen LogP contribution is -2.27. The molecule has 3 rings (SSSR count). The molecule has 2 aromatic heterocycles. The third kappa shape index (κ3) is 3.44. The molecule has 0 aromatic carbocycles. The van der Waals surface area contributed by atoms with E-state index in [-0.39, 0.29) is 5.56 Å². The topological polar surface area (TPSA) is 64.7 Å². The minimum atomic E-state index is -0.138. The Morgan fingerprint density at radius 1 is 1.38 bits per heavy atom. The molecule has 7 heteroatoms. The second-order valence-electron chi connectivity index (χ2n) is 5.50. The molecule has 1 saturated carbocycles. The van der Waals surface area contributed by atoms with Crippen LogP contribution in [0.4, 0.5) is 5.69 Å². The van der Waals surface area contributed by atoms with Gasteiger partial charge in [-0.3, -0.25) is 9.48 Å². The SMILES string of the molecule is Cn1cc(CCNc2c(Cl)cnn(CC3CC3)c2=O)cn1. The molecule has 0 bridgehead atoms. The first kappa shape index (κ1) is 14.1. The summed E-state index contributed by atoms with van der Waals surface area (Å²) in [5.74, 6) is 0.597. The van der Waals surface area contributed by atoms with Crippen LogP contribution in [0.25, 0.3) is 0 Å². The van der Waals surface area contributed by atoms with E-state index in [9.17, 15) is 4.79 Å². The van der Waals surface area contributed by atoms with E-state index in [2.05, 4.69) is 15.5 Å². The van der Waals surface area contributed by atoms with Gasteiger partial charge in [0.1, 0.15) is 5.69 Å². The van der Waals surface area contributed by atoms with Crippen LogP contribution in [-0.2, 0) is 20.0 Å². The van der Waals surface area contributed by atoms with Crippen molar-refractivity contribution >= 4 is 17.3 Å². The van der Waals surface area contributed by atoms with Gasteiger partial charge in [-0.25, -0.2) is 4.68 Å². The molecule has 0 radical (unpaired) electrons. The smallest absolute Gasteiger partial charge is 0.291 e. The van der Waals surface area contributed by atoms with Gasteiger partial charge in [0.25, 0.3) is 5.56 Å². The summed E-state index contributed by atoms with van der Waals surface area (Å²) < 4.78 is 3.27. The molecular weight excluding hydrogens is 290 g/mol. The number of halogens is 1. The second-order valence-corrected chi connectivity index (χ2v) is 5.90. The van der Waals surface area contributed by atoms with Crippen LogP contribution in [0.5, 0.6) is 0 Å². The standard InChI is InChI=1S/C14H18ClN5O/c1-19-8-11(6-17-19)4-5-16-13-12(15)7-18-20(14(13)21)9-10-2-3-10/h6-8,10,16H,2-5,9H2,1H3. The van der Waals surface area contributed by atoms with Gasteiger partial charge >= 0.3 is 0 Å². The summed E-state index contributed by atoms with van der Waals surface area (Å²) in [7, 11) is 1.88. The fourth-order valence-electron chi connectivity index (χ4n) is 2.24. The molecule has 0 atom stereocenters. The number of anilines is 1. The number of aryl methyl sites for hydroxylation is 1. The quantitative estimate of drug-likeness (QED) is 0.882. The Kier molecular flexibility index (Phi) is 3.96. The molecule has 0 saturated heterocycles. The Morgan fingerprint density at radius 3 is 2.86 bits per heavy atom. The van der Waals surface area contributed by atoms with Gasteiger partial charge in [0.2, 0.25) is 0 Å². The summed E-state index contributed by atoms with van der Waals surface area (Å²) in [6, 6.07) is 0. The third-order valence-electron chi connectivity index (χ3n) is 3.60. The maximum atomic E-state index is 12.3. The van der Waals surface area contributed by atoms with Crippen LogP contribution in [-0.4, -0.2) is 26.1 Å². The molecular formula is C14H18ClN5O. The molecule has 21 heavy (non-hydrogen) atoms. The molecule has 112 valence electrons. The van der Waals surface area contributed by atoms with Gasteiger partial charge in [0, 0.05) is 26.3 Å². The zero-order valence-electron chi connectivity index (χ0n) is 11.9. The third-order valence-corrected chi connectivity index (χ3v) is 3.89. The molecule has 0 unspecified atom stereocenters. The molecule has 0 spiro atoms. The highest BCUT2D eigenvalue weighted by Gasteiger charge is 2.23. The van der Waals surface area contributed by atoms with Gasteiger partial charge in [0.15, 0.2) is 0 Å². The summed E-state index contributed by atoms with van der Waals surface area (Å²) in [5, 5.41) is 11.7. The van der Waals surface area contributed by atoms with Gasteiger partial charge < -0.3 is 5.32 Å². The Labute approximate surface area is 127 Å². The minimum absolute atomic E-state index is 0.138. The van der Waals surface area contributed by atoms with Crippen molar-refractivity contribution in [3.05, 3.63) is 39.5 Å². The first-order valence-electron chi connectivity index (χ1n) is 7.10. The predicted molar refractivity (Wildman–Crippen MR) is 81.6 cm³/mol. The zero-order valence-corrected chi connectivity index (χ0v) is 12.7. The lowest BCUT2D eigenvalue weighted by atomic mass is 10.2. The van der Waals surface area contributed by atoms with Crippen LogP contribution in [0, 0.1) is 5.92 Å². The highest BCUT2D eigenvalue weighted by molar-refractivity contribution is 6.32. The molecule has 1 aliphatic carbocycles. The molecule has 2 heterocycles. The van der Waals surface area contributed by atoms with Crippen molar-refractivity contribution in [3.63, 3.8) is 0 Å². The van der Waals surface area contributed by atoms with Crippen LogP contribution in [0.3, 0.4) is 0 Å². The molecule has 0 aliphatic heterocycles. The average molecular weight is 308 g/mol. The molecule has 1 fully saturated rings. The Morgan fingerprint density at radius 2 is 2.19 bits per heavy atom. The highest BCUT2D eigenvalue weighted by Crippen LogP contribution is 2.30. The van der Waals surface area contributed by atoms with E-state index in [4.69, 9.17) is 11.6 Å². The number of aromatic nitrogens is 4. The van der Waals surface area contributed by atoms with E-state index >= 15 is 0 Å². The van der Waals surface area contributed by atoms with Crippen LogP contribution < -0.4 is 10.9 Å². The number of hydrogen-bond acceptors (Lipinski definition) is 4. The van der Waals surface area contributed by atoms with E-state index < -0.39 is 0 Å². The van der Waals surface area contributed by atoms with Crippen LogP contribution in [0.15, 0.2) is 23.4 Å². The van der Waals surface area contributed by atoms with Gasteiger partial charge in [-0.15, -0.1) is 0 Å². The first-order valence-corrected chi connectivity index (χ1v) is 7.48. The van der Waals surface area contributed by atoms with Crippen molar-refractivity contribution in [2.45, 2.75) is 25.8 Å². The number of nitrogens with zero attached hydrogens (tertiary/aromatic N) is 4. The Hall–Kier alpha value is -1.82. The second kappa shape index (κ2) is 5.89. The fraction of sp³-hybridized carbons (Fsp3) is 0.500. The maximum Gasteiger partial charge on any atom is 0.291 e. The Bertz CT molecular complexity index is 689. The monoisotopic (exact) mass is 307 g/mol. The van der Waals surface area contributed by atoms with E-state index in [1.165, 1.54) is 23.7 Å². The molecule has 1 aliphatic rings. The van der Waals surface area contributed by atoms with Gasteiger partial charge in [0.05, 0.1) is 17.4 Å². The van der Waals surface area contributed by atoms with Crippen molar-refractivity contribution in [2.24, 2.45) is 13.0 Å². The van der Waals surface area contributed by atoms with Gasteiger partial charge in [-0.1, -0.05) is 11.6 Å². The van der Waals surface area contributed by atoms with Crippen LogP contribution in [0.1, 0.15) is 18.4 Å². The van der Waals surface area contributed by atoms with Crippen molar-refractivity contribution in [1.29, 1.82) is 0 Å². The van der Waals surface area contributed by atoms with Crippen molar-refractivity contribution in [3.8, 4) is 0 Å². The Balaban J connectivity index is 1.67. The van der Waals surface area contributed by atoms with Gasteiger partial charge in [-0.05, 0) is 30.7 Å². The fourth-order valence-corrected chi connectivity index (χ4v) is 2.43. The lowest BCUT2D eigenvalue weighted by molar-refractivity contribution is 0.534. The van der Waals surface area contributed by atoms with Crippen LogP contribution in [0.2, 0.25) is 5.02 Å². The largest absolute Gasteiger partial charge is 0.379 e. The van der Waals surface area contributed by atoms with Crippen molar-refractivity contribution in [2.75, 3.05) is 11.9 Å². The maximum absolute atomic E-state index is 12.3. The highest BCUT2D eigenvalue weighted by atomic mass is 35.5. The summed E-state index contributed by atoms with van der Waals surface area (Å²) in [6.45, 7) is 1.32. The number of rotatable bonds is 6. The molecule has 6 nitrogen and oxygen atoms in total. The summed E-state index contributed by atoms with van der Waals surface area (Å²) in [6.07, 6.45) is 8.47. The normalized spacial score (nSPS) is 14.4. The lowest BCUT2D eigenvalue weighted by Gasteiger charge is -2.10. The summed E-state index contributed by atoms with van der Waals surface area (Å²) in [5.41, 5.74) is 1.42. The van der Waals surface area contributed by atoms with Crippen LogP contribution >= 0.6 is 11.6 Å². The molecule has 1 N–H and O–H groups in total. The number of nitrogens with one attached hydrogen (secondary N) is 1. The number of hydrogen-bond donors (Lipinski definition) is 1. The van der Waals surface area contributed by atoms with E-state index in [0.29, 0.717) is 29.7 Å². The van der Waals surface area contributed by atoms with Gasteiger partial charge in [-0.2, -0.15) is 10.2 Å². The molecule has 0 amide bonds. The predicted octanol–water partition coefficient (Wildman–Crippen LogP) is 1.69. The van der Waals surface area contributed by atoms with E-state index in [1.807, 2.05) is 19.4 Å².